The molecule has 3 heteroatoms. The van der Waals surface area contributed by atoms with Gasteiger partial charge >= 0.3 is 0 Å². The summed E-state index contributed by atoms with van der Waals surface area (Å²) in [5.74, 6) is 3.45. The quantitative estimate of drug-likeness (QED) is 0.821. The van der Waals surface area contributed by atoms with E-state index in [0.717, 1.165) is 30.5 Å². The molecule has 2 aliphatic rings. The lowest BCUT2D eigenvalue weighted by Crippen LogP contribution is -2.15. The molecule has 0 amide bonds. The smallest absolute Gasteiger partial charge is 0.140 e. The first-order valence-electron chi connectivity index (χ1n) is 8.50. The zero-order valence-electron chi connectivity index (χ0n) is 13.5. The molecular formula is C19H24N2O. The van der Waals surface area contributed by atoms with Gasteiger partial charge in [-0.3, -0.25) is 0 Å². The average molecular weight is 296 g/mol. The second kappa shape index (κ2) is 5.45. The predicted octanol–water partition coefficient (Wildman–Crippen LogP) is 4.41. The fraction of sp³-hybridized carbons (Fsp3) is 0.526. The molecule has 1 fully saturated rings. The highest BCUT2D eigenvalue weighted by Crippen LogP contribution is 2.39. The van der Waals surface area contributed by atoms with Crippen molar-refractivity contribution in [2.24, 2.45) is 5.92 Å². The zero-order valence-corrected chi connectivity index (χ0v) is 13.5. The summed E-state index contributed by atoms with van der Waals surface area (Å²) in [5, 5.41) is 0. The minimum absolute atomic E-state index is 0.640. The van der Waals surface area contributed by atoms with E-state index >= 15 is 0 Å². The highest BCUT2D eigenvalue weighted by molar-refractivity contribution is 5.65. The average Bonchev–Trinajstić information content (AvgIpc) is 2.99. The second-order valence-electron chi connectivity index (χ2n) is 6.82. The first kappa shape index (κ1) is 13.9. The number of hydrogen-bond donors (Lipinski definition) is 0. The molecular weight excluding hydrogens is 272 g/mol. The Bertz CT molecular complexity index is 689. The van der Waals surface area contributed by atoms with E-state index in [1.807, 2.05) is 0 Å². The Labute approximate surface area is 132 Å². The number of ether oxygens (including phenoxy) is 1. The Morgan fingerprint density at radius 1 is 1.23 bits per heavy atom. The van der Waals surface area contributed by atoms with Crippen molar-refractivity contribution in [2.75, 3.05) is 7.11 Å². The third-order valence-electron chi connectivity index (χ3n) is 5.47. The summed E-state index contributed by atoms with van der Waals surface area (Å²) < 4.78 is 7.74. The van der Waals surface area contributed by atoms with Crippen LogP contribution in [0.2, 0.25) is 0 Å². The first-order valence-corrected chi connectivity index (χ1v) is 8.50. The number of aromatic nitrogens is 2. The number of aryl methyl sites for hydroxylation is 2. The van der Waals surface area contributed by atoms with Crippen molar-refractivity contribution in [3.05, 3.63) is 35.7 Å². The fourth-order valence-electron chi connectivity index (χ4n) is 4.11. The molecule has 22 heavy (non-hydrogen) atoms. The highest BCUT2D eigenvalue weighted by atomic mass is 16.5. The van der Waals surface area contributed by atoms with Crippen molar-refractivity contribution in [1.82, 2.24) is 9.55 Å². The number of nitrogens with zero attached hydrogens (tertiary/aromatic N) is 2. The Morgan fingerprint density at radius 3 is 2.91 bits per heavy atom. The monoisotopic (exact) mass is 296 g/mol. The van der Waals surface area contributed by atoms with Gasteiger partial charge in [-0.1, -0.05) is 32.3 Å². The van der Waals surface area contributed by atoms with Gasteiger partial charge in [0.25, 0.3) is 0 Å². The van der Waals surface area contributed by atoms with E-state index in [4.69, 9.17) is 9.72 Å². The molecule has 0 radical (unpaired) electrons. The molecule has 1 aliphatic heterocycles. The molecule has 116 valence electrons. The van der Waals surface area contributed by atoms with Crippen LogP contribution in [-0.4, -0.2) is 16.7 Å². The molecule has 2 heterocycles. The van der Waals surface area contributed by atoms with Gasteiger partial charge in [0.1, 0.15) is 11.6 Å². The van der Waals surface area contributed by atoms with Crippen LogP contribution in [0.3, 0.4) is 0 Å². The zero-order chi connectivity index (χ0) is 15.1. The first-order chi connectivity index (χ1) is 10.8. The predicted molar refractivity (Wildman–Crippen MR) is 88.3 cm³/mol. The third-order valence-corrected chi connectivity index (χ3v) is 5.47. The number of fused-ring (bicyclic) bond motifs is 3. The maximum atomic E-state index is 5.40. The minimum Gasteiger partial charge on any atom is -0.497 e. The van der Waals surface area contributed by atoms with Gasteiger partial charge in [0, 0.05) is 24.2 Å². The molecule has 0 saturated heterocycles. The number of hydrogen-bond acceptors (Lipinski definition) is 2. The van der Waals surface area contributed by atoms with Gasteiger partial charge in [0.05, 0.1) is 12.8 Å². The lowest BCUT2D eigenvalue weighted by molar-refractivity contribution is 0.326. The van der Waals surface area contributed by atoms with Crippen LogP contribution in [0.4, 0.5) is 0 Å². The molecule has 0 bridgehead atoms. The largest absolute Gasteiger partial charge is 0.497 e. The fourth-order valence-corrected chi connectivity index (χ4v) is 4.11. The second-order valence-corrected chi connectivity index (χ2v) is 6.82. The van der Waals surface area contributed by atoms with E-state index in [1.54, 1.807) is 7.11 Å². The van der Waals surface area contributed by atoms with Crippen molar-refractivity contribution in [3.63, 3.8) is 0 Å². The van der Waals surface area contributed by atoms with Crippen LogP contribution < -0.4 is 4.74 Å². The van der Waals surface area contributed by atoms with E-state index in [2.05, 4.69) is 35.9 Å². The van der Waals surface area contributed by atoms with E-state index in [1.165, 1.54) is 42.5 Å². The Kier molecular flexibility index (Phi) is 3.44. The van der Waals surface area contributed by atoms with E-state index in [-0.39, 0.29) is 0 Å². The summed E-state index contributed by atoms with van der Waals surface area (Å²) >= 11 is 0. The van der Waals surface area contributed by atoms with Gasteiger partial charge in [-0.25, -0.2) is 4.98 Å². The van der Waals surface area contributed by atoms with Crippen LogP contribution in [0.5, 0.6) is 5.75 Å². The molecule has 1 saturated carbocycles. The van der Waals surface area contributed by atoms with Crippen molar-refractivity contribution in [2.45, 2.75) is 51.5 Å². The lowest BCUT2D eigenvalue weighted by Gasteiger charge is -2.27. The number of methoxy groups -OCH3 is 1. The van der Waals surface area contributed by atoms with Gasteiger partial charge in [-0.05, 0) is 36.5 Å². The van der Waals surface area contributed by atoms with Crippen molar-refractivity contribution in [3.8, 4) is 17.1 Å². The maximum Gasteiger partial charge on any atom is 0.140 e. The maximum absolute atomic E-state index is 5.40. The molecule has 2 aromatic rings. The van der Waals surface area contributed by atoms with E-state index in [0.29, 0.717) is 5.92 Å². The highest BCUT2D eigenvalue weighted by Gasteiger charge is 2.27. The SMILES string of the molecule is COc1ccc2c(c1)-c1nc(C3CCCCC3C)cn1CC2. The molecule has 1 aromatic heterocycles. The van der Waals surface area contributed by atoms with E-state index in [9.17, 15) is 0 Å². The molecule has 1 aliphatic carbocycles. The molecule has 0 N–H and O–H groups in total. The molecule has 1 aromatic carbocycles. The minimum atomic E-state index is 0.640. The number of rotatable bonds is 2. The normalized spacial score (nSPS) is 23.7. The Hall–Kier alpha value is -1.77. The number of imidazole rings is 1. The van der Waals surface area contributed by atoms with Gasteiger partial charge in [-0.2, -0.15) is 0 Å². The summed E-state index contributed by atoms with van der Waals surface area (Å²) in [7, 11) is 1.73. The summed E-state index contributed by atoms with van der Waals surface area (Å²) in [4.78, 5) is 5.05. The van der Waals surface area contributed by atoms with Crippen LogP contribution in [0.1, 0.15) is 49.8 Å². The van der Waals surface area contributed by atoms with Gasteiger partial charge in [-0.15, -0.1) is 0 Å². The molecule has 0 spiro atoms. The van der Waals surface area contributed by atoms with Gasteiger partial charge in [0.15, 0.2) is 0 Å². The molecule has 2 unspecified atom stereocenters. The summed E-state index contributed by atoms with van der Waals surface area (Å²) in [5.41, 5.74) is 3.94. The van der Waals surface area contributed by atoms with Crippen LogP contribution in [0, 0.1) is 5.92 Å². The summed E-state index contributed by atoms with van der Waals surface area (Å²) in [6.07, 6.45) is 8.76. The van der Waals surface area contributed by atoms with E-state index < -0.39 is 0 Å². The van der Waals surface area contributed by atoms with Crippen molar-refractivity contribution in [1.29, 1.82) is 0 Å². The standard InChI is InChI=1S/C19H24N2O/c1-13-5-3-4-6-16(13)18-12-21-10-9-14-7-8-15(22-2)11-17(14)19(21)20-18/h7-8,11-13,16H,3-6,9-10H2,1-2H3. The topological polar surface area (TPSA) is 27.1 Å². The van der Waals surface area contributed by atoms with Gasteiger partial charge in [0.2, 0.25) is 0 Å². The van der Waals surface area contributed by atoms with Crippen LogP contribution in [-0.2, 0) is 13.0 Å². The lowest BCUT2D eigenvalue weighted by atomic mass is 9.79. The van der Waals surface area contributed by atoms with Crippen LogP contribution >= 0.6 is 0 Å². The Balaban J connectivity index is 1.74. The van der Waals surface area contributed by atoms with Gasteiger partial charge < -0.3 is 9.30 Å². The van der Waals surface area contributed by atoms with Crippen molar-refractivity contribution >= 4 is 0 Å². The third kappa shape index (κ3) is 2.23. The van der Waals surface area contributed by atoms with Crippen LogP contribution in [0.15, 0.2) is 24.4 Å². The molecule has 2 atom stereocenters. The van der Waals surface area contributed by atoms with Crippen molar-refractivity contribution < 1.29 is 4.74 Å². The molecule has 3 nitrogen and oxygen atoms in total. The summed E-state index contributed by atoms with van der Waals surface area (Å²) in [6, 6.07) is 6.39. The van der Waals surface area contributed by atoms with Crippen LogP contribution in [0.25, 0.3) is 11.4 Å². The Morgan fingerprint density at radius 2 is 2.09 bits per heavy atom. The molecule has 4 rings (SSSR count). The number of benzene rings is 1. The summed E-state index contributed by atoms with van der Waals surface area (Å²) in [6.45, 7) is 3.43.